The molecule has 0 amide bonds. The fourth-order valence-corrected chi connectivity index (χ4v) is 3.89. The number of halogens is 1. The Morgan fingerprint density at radius 1 is 1.24 bits per heavy atom. The zero-order valence-corrected chi connectivity index (χ0v) is 12.3. The molecule has 0 bridgehead atoms. The molecule has 1 aromatic heterocycles. The van der Waals surface area contributed by atoms with Gasteiger partial charge in [-0.2, -0.15) is 0 Å². The quantitative estimate of drug-likeness (QED) is 0.936. The van der Waals surface area contributed by atoms with Crippen molar-refractivity contribution in [3.05, 3.63) is 29.8 Å². The van der Waals surface area contributed by atoms with Gasteiger partial charge in [-0.05, 0) is 43.9 Å². The molecular formula is C17H22FN3. The van der Waals surface area contributed by atoms with Crippen LogP contribution in [0.3, 0.4) is 0 Å². The number of aromatic nitrogens is 2. The highest BCUT2D eigenvalue weighted by molar-refractivity contribution is 5.76. The van der Waals surface area contributed by atoms with Gasteiger partial charge in [-0.15, -0.1) is 0 Å². The molecule has 0 aliphatic heterocycles. The van der Waals surface area contributed by atoms with Gasteiger partial charge in [0.25, 0.3) is 0 Å². The summed E-state index contributed by atoms with van der Waals surface area (Å²) >= 11 is 0. The molecule has 1 aromatic carbocycles. The van der Waals surface area contributed by atoms with Crippen LogP contribution in [0.15, 0.2) is 18.2 Å². The van der Waals surface area contributed by atoms with Crippen LogP contribution in [0.1, 0.15) is 56.8 Å². The summed E-state index contributed by atoms with van der Waals surface area (Å²) in [7, 11) is 0. The Morgan fingerprint density at radius 2 is 2.00 bits per heavy atom. The van der Waals surface area contributed by atoms with Crippen molar-refractivity contribution in [1.82, 2.24) is 9.55 Å². The van der Waals surface area contributed by atoms with Crippen LogP contribution < -0.4 is 5.73 Å². The van der Waals surface area contributed by atoms with Gasteiger partial charge in [0.2, 0.25) is 0 Å². The molecule has 1 heterocycles. The zero-order valence-electron chi connectivity index (χ0n) is 12.3. The van der Waals surface area contributed by atoms with Crippen LogP contribution in [0, 0.1) is 5.82 Å². The lowest BCUT2D eigenvalue weighted by Gasteiger charge is -2.36. The number of nitrogens with zero attached hydrogens (tertiary/aromatic N) is 2. The van der Waals surface area contributed by atoms with E-state index in [1.54, 1.807) is 12.1 Å². The maximum absolute atomic E-state index is 13.7. The third-order valence-corrected chi connectivity index (χ3v) is 5.24. The lowest BCUT2D eigenvalue weighted by molar-refractivity contribution is 0.278. The van der Waals surface area contributed by atoms with Crippen molar-refractivity contribution in [2.24, 2.45) is 5.73 Å². The Balaban J connectivity index is 1.92. The predicted octanol–water partition coefficient (Wildman–Crippen LogP) is 3.67. The van der Waals surface area contributed by atoms with Gasteiger partial charge in [0.15, 0.2) is 0 Å². The first kappa shape index (κ1) is 13.3. The van der Waals surface area contributed by atoms with Gasteiger partial charge < -0.3 is 10.3 Å². The molecule has 3 nitrogen and oxygen atoms in total. The normalized spacial score (nSPS) is 21.8. The molecule has 0 saturated heterocycles. The van der Waals surface area contributed by atoms with Crippen LogP contribution in [0.2, 0.25) is 0 Å². The molecule has 0 unspecified atom stereocenters. The minimum Gasteiger partial charge on any atom is -0.329 e. The van der Waals surface area contributed by atoms with Crippen LogP contribution in [0.4, 0.5) is 4.39 Å². The molecule has 4 rings (SSSR count). The first-order chi connectivity index (χ1) is 10.2. The molecule has 112 valence electrons. The summed E-state index contributed by atoms with van der Waals surface area (Å²) in [6.07, 6.45) is 8.31. The first-order valence-corrected chi connectivity index (χ1v) is 8.12. The van der Waals surface area contributed by atoms with Gasteiger partial charge in [-0.3, -0.25) is 0 Å². The molecule has 2 fully saturated rings. The van der Waals surface area contributed by atoms with E-state index < -0.39 is 0 Å². The summed E-state index contributed by atoms with van der Waals surface area (Å²) in [4.78, 5) is 4.90. The largest absolute Gasteiger partial charge is 0.329 e. The van der Waals surface area contributed by atoms with E-state index in [1.807, 2.05) is 0 Å². The van der Waals surface area contributed by atoms with E-state index in [-0.39, 0.29) is 11.2 Å². The Labute approximate surface area is 124 Å². The van der Waals surface area contributed by atoms with Crippen molar-refractivity contribution in [3.63, 3.8) is 0 Å². The van der Waals surface area contributed by atoms with E-state index in [0.29, 0.717) is 12.6 Å². The summed E-state index contributed by atoms with van der Waals surface area (Å²) in [6, 6.07) is 5.45. The van der Waals surface area contributed by atoms with Crippen molar-refractivity contribution in [3.8, 4) is 0 Å². The molecule has 4 heteroatoms. The summed E-state index contributed by atoms with van der Waals surface area (Å²) in [5.41, 5.74) is 8.04. The van der Waals surface area contributed by atoms with Crippen molar-refractivity contribution < 1.29 is 4.39 Å². The van der Waals surface area contributed by atoms with Crippen molar-refractivity contribution in [2.45, 2.75) is 56.4 Å². The van der Waals surface area contributed by atoms with Crippen LogP contribution in [-0.2, 0) is 5.41 Å². The van der Waals surface area contributed by atoms with Gasteiger partial charge in [-0.1, -0.05) is 19.3 Å². The Bertz CT molecular complexity index is 666. The number of hydrogen-bond donors (Lipinski definition) is 1. The molecule has 2 aliphatic rings. The average molecular weight is 287 g/mol. The molecule has 0 spiro atoms. The van der Waals surface area contributed by atoms with Crippen LogP contribution in [0.25, 0.3) is 11.0 Å². The van der Waals surface area contributed by atoms with Crippen LogP contribution in [0.5, 0.6) is 0 Å². The first-order valence-electron chi connectivity index (χ1n) is 8.12. The number of benzene rings is 1. The van der Waals surface area contributed by atoms with Crippen LogP contribution >= 0.6 is 0 Å². The van der Waals surface area contributed by atoms with Crippen molar-refractivity contribution in [1.29, 1.82) is 0 Å². The molecule has 2 aliphatic carbocycles. The van der Waals surface area contributed by atoms with Crippen molar-refractivity contribution >= 4 is 11.0 Å². The Hall–Kier alpha value is -1.42. The lowest BCUT2D eigenvalue weighted by atomic mass is 9.73. The summed E-state index contributed by atoms with van der Waals surface area (Å²) < 4.78 is 16.0. The second-order valence-electron chi connectivity index (χ2n) is 6.71. The second kappa shape index (κ2) is 4.80. The Kier molecular flexibility index (Phi) is 3.03. The summed E-state index contributed by atoms with van der Waals surface area (Å²) in [5.74, 6) is 0.939. The highest BCUT2D eigenvalue weighted by Crippen LogP contribution is 2.45. The summed E-state index contributed by atoms with van der Waals surface area (Å²) in [5, 5.41) is 0. The monoisotopic (exact) mass is 287 g/mol. The standard InChI is InChI=1S/C17H22FN3/c18-12-4-7-14-15(10-12)21(13-5-6-13)16(20-14)17(11-19)8-2-1-3-9-17/h4,7,10,13H,1-3,5-6,8-9,11,19H2. The number of hydrogen-bond acceptors (Lipinski definition) is 2. The van der Waals surface area contributed by atoms with E-state index >= 15 is 0 Å². The number of rotatable bonds is 3. The highest BCUT2D eigenvalue weighted by atomic mass is 19.1. The topological polar surface area (TPSA) is 43.8 Å². The second-order valence-corrected chi connectivity index (χ2v) is 6.71. The van der Waals surface area contributed by atoms with Gasteiger partial charge >= 0.3 is 0 Å². The molecule has 2 saturated carbocycles. The smallest absolute Gasteiger partial charge is 0.125 e. The average Bonchev–Trinajstić information content (AvgIpc) is 3.28. The van der Waals surface area contributed by atoms with Crippen molar-refractivity contribution in [2.75, 3.05) is 6.54 Å². The van der Waals surface area contributed by atoms with E-state index in [9.17, 15) is 4.39 Å². The molecule has 21 heavy (non-hydrogen) atoms. The predicted molar refractivity (Wildman–Crippen MR) is 81.8 cm³/mol. The molecule has 2 N–H and O–H groups in total. The van der Waals surface area contributed by atoms with E-state index in [4.69, 9.17) is 10.7 Å². The SMILES string of the molecule is NCC1(c2nc3ccc(F)cc3n2C2CC2)CCCCC1. The maximum Gasteiger partial charge on any atom is 0.125 e. The lowest BCUT2D eigenvalue weighted by Crippen LogP contribution is -2.39. The molecule has 2 aromatic rings. The number of fused-ring (bicyclic) bond motifs is 1. The molecular weight excluding hydrogens is 265 g/mol. The van der Waals surface area contributed by atoms with Gasteiger partial charge in [0.1, 0.15) is 11.6 Å². The fourth-order valence-electron chi connectivity index (χ4n) is 3.89. The minimum absolute atomic E-state index is 0.00363. The summed E-state index contributed by atoms with van der Waals surface area (Å²) in [6.45, 7) is 0.644. The fraction of sp³-hybridized carbons (Fsp3) is 0.588. The van der Waals surface area contributed by atoms with E-state index in [2.05, 4.69) is 4.57 Å². The Morgan fingerprint density at radius 3 is 2.67 bits per heavy atom. The highest BCUT2D eigenvalue weighted by Gasteiger charge is 2.40. The van der Waals surface area contributed by atoms with E-state index in [0.717, 1.165) is 29.7 Å². The third kappa shape index (κ3) is 2.08. The zero-order chi connectivity index (χ0) is 14.4. The molecule has 0 radical (unpaired) electrons. The minimum atomic E-state index is -0.179. The maximum atomic E-state index is 13.7. The number of imidazole rings is 1. The van der Waals surface area contributed by atoms with Gasteiger partial charge in [-0.25, -0.2) is 9.37 Å². The third-order valence-electron chi connectivity index (χ3n) is 5.24. The van der Waals surface area contributed by atoms with E-state index in [1.165, 1.54) is 38.2 Å². The van der Waals surface area contributed by atoms with Crippen LogP contribution in [-0.4, -0.2) is 16.1 Å². The van der Waals surface area contributed by atoms with Gasteiger partial charge in [0.05, 0.1) is 11.0 Å². The van der Waals surface area contributed by atoms with Gasteiger partial charge in [0, 0.05) is 18.0 Å². The molecule has 0 atom stereocenters. The number of nitrogens with two attached hydrogens (primary N) is 1.